The molecule has 11 rings (SSSR count). The van der Waals surface area contributed by atoms with Crippen LogP contribution in [-0.4, -0.2) is 0 Å². The van der Waals surface area contributed by atoms with Gasteiger partial charge in [-0.15, -0.1) is 22.7 Å². The van der Waals surface area contributed by atoms with Crippen LogP contribution in [0.5, 0.6) is 0 Å². The molecule has 0 aliphatic carbocycles. The Morgan fingerprint density at radius 2 is 0.917 bits per heavy atom. The molecule has 2 heterocycles. The van der Waals surface area contributed by atoms with E-state index in [-0.39, 0.29) is 0 Å². The van der Waals surface area contributed by atoms with Crippen molar-refractivity contribution in [3.63, 3.8) is 0 Å². The normalized spacial score (nSPS) is 12.2. The summed E-state index contributed by atoms with van der Waals surface area (Å²) in [6.07, 6.45) is 0. The topological polar surface area (TPSA) is 0 Å². The Morgan fingerprint density at radius 3 is 1.71 bits per heavy atom. The summed E-state index contributed by atoms with van der Waals surface area (Å²) in [5.74, 6) is 0. The second-order valence-electron chi connectivity index (χ2n) is 12.8. The predicted molar refractivity (Wildman–Crippen MR) is 213 cm³/mol. The zero-order chi connectivity index (χ0) is 31.3. The van der Waals surface area contributed by atoms with E-state index in [0.29, 0.717) is 0 Å². The van der Waals surface area contributed by atoms with Gasteiger partial charge < -0.3 is 0 Å². The van der Waals surface area contributed by atoms with Gasteiger partial charge in [-0.2, -0.15) is 0 Å². The number of fused-ring (bicyclic) bond motifs is 11. The van der Waals surface area contributed by atoms with Gasteiger partial charge in [0, 0.05) is 45.7 Å². The lowest BCUT2D eigenvalue weighted by Crippen LogP contribution is -1.91. The number of hydrogen-bond donors (Lipinski definition) is 0. The van der Waals surface area contributed by atoms with E-state index in [0.717, 1.165) is 0 Å². The van der Waals surface area contributed by atoms with Crippen LogP contribution in [0.4, 0.5) is 0 Å². The highest BCUT2D eigenvalue weighted by molar-refractivity contribution is 7.27. The number of rotatable bonds is 2. The second kappa shape index (κ2) is 9.98. The highest BCUT2D eigenvalue weighted by Gasteiger charge is 2.19. The highest BCUT2D eigenvalue weighted by Crippen LogP contribution is 2.47. The lowest BCUT2D eigenvalue weighted by atomic mass is 9.84. The first kappa shape index (κ1) is 26.5. The van der Waals surface area contributed by atoms with E-state index in [4.69, 9.17) is 0 Å². The molecule has 0 amide bonds. The van der Waals surface area contributed by atoms with Crippen molar-refractivity contribution >= 4 is 106 Å². The zero-order valence-electron chi connectivity index (χ0n) is 25.8. The lowest BCUT2D eigenvalue weighted by molar-refractivity contribution is 1.69. The summed E-state index contributed by atoms with van der Waals surface area (Å²) in [6, 6.07) is 58.9. The molecule has 0 radical (unpaired) electrons. The van der Waals surface area contributed by atoms with Gasteiger partial charge in [0.05, 0.1) is 0 Å². The monoisotopic (exact) mass is 642 g/mol. The Labute approximate surface area is 284 Å². The van der Waals surface area contributed by atoms with Crippen LogP contribution in [0.15, 0.2) is 158 Å². The van der Waals surface area contributed by atoms with Gasteiger partial charge in [-0.25, -0.2) is 0 Å². The summed E-state index contributed by atoms with van der Waals surface area (Å²) in [4.78, 5) is 0. The average Bonchev–Trinajstić information content (AvgIpc) is 3.70. The Balaban J connectivity index is 1.19. The van der Waals surface area contributed by atoms with Crippen molar-refractivity contribution < 1.29 is 0 Å². The molecule has 0 aliphatic rings. The first-order valence-electron chi connectivity index (χ1n) is 16.4. The molecule has 0 nitrogen and oxygen atoms in total. The van der Waals surface area contributed by atoms with Crippen molar-refractivity contribution in [3.05, 3.63) is 158 Å². The van der Waals surface area contributed by atoms with Gasteiger partial charge in [-0.1, -0.05) is 127 Å². The summed E-state index contributed by atoms with van der Waals surface area (Å²) < 4.78 is 5.42. The zero-order valence-corrected chi connectivity index (χ0v) is 27.5. The number of benzene rings is 9. The maximum Gasteiger partial charge on any atom is 0.0434 e. The molecule has 0 atom stereocenters. The molecule has 9 aromatic carbocycles. The first-order valence-corrected chi connectivity index (χ1v) is 18.1. The van der Waals surface area contributed by atoms with Crippen molar-refractivity contribution in [2.75, 3.05) is 0 Å². The molecule has 11 aromatic rings. The van der Waals surface area contributed by atoms with Crippen LogP contribution in [0.25, 0.3) is 106 Å². The molecule has 0 bridgehead atoms. The van der Waals surface area contributed by atoms with Crippen LogP contribution in [0.3, 0.4) is 0 Å². The SMILES string of the molecule is c1ccc2c(-c3c4ccccc4c(-c4ccc5sc6cc7c(ccc8c9ccccc9sc78)cc6c5c4)c4ccccc34)cccc2c1. The molecule has 48 heavy (non-hydrogen) atoms. The molecule has 0 saturated heterocycles. The summed E-state index contributed by atoms with van der Waals surface area (Å²) >= 11 is 3.82. The average molecular weight is 643 g/mol. The fourth-order valence-corrected chi connectivity index (χ4v) is 10.4. The third kappa shape index (κ3) is 3.70. The fourth-order valence-electron chi connectivity index (χ4n) is 8.11. The van der Waals surface area contributed by atoms with Gasteiger partial charge in [-0.05, 0) is 90.3 Å². The van der Waals surface area contributed by atoms with Crippen molar-refractivity contribution in [2.24, 2.45) is 0 Å². The maximum atomic E-state index is 2.45. The van der Waals surface area contributed by atoms with Crippen LogP contribution in [0, 0.1) is 0 Å². The molecule has 0 fully saturated rings. The maximum absolute atomic E-state index is 2.45. The Morgan fingerprint density at radius 1 is 0.292 bits per heavy atom. The minimum Gasteiger partial charge on any atom is -0.135 e. The lowest BCUT2D eigenvalue weighted by Gasteiger charge is -2.19. The van der Waals surface area contributed by atoms with Crippen LogP contribution in [0.1, 0.15) is 0 Å². The fraction of sp³-hybridized carbons (Fsp3) is 0. The van der Waals surface area contributed by atoms with Crippen molar-refractivity contribution in [3.8, 4) is 22.3 Å². The number of hydrogen-bond acceptors (Lipinski definition) is 2. The van der Waals surface area contributed by atoms with E-state index in [1.807, 2.05) is 22.7 Å². The summed E-state index contributed by atoms with van der Waals surface area (Å²) in [5, 5.41) is 15.7. The minimum absolute atomic E-state index is 1.26. The third-order valence-electron chi connectivity index (χ3n) is 10.2. The van der Waals surface area contributed by atoms with E-state index in [1.54, 1.807) is 0 Å². The van der Waals surface area contributed by atoms with Crippen LogP contribution in [0.2, 0.25) is 0 Å². The van der Waals surface area contributed by atoms with Gasteiger partial charge in [0.25, 0.3) is 0 Å². The molecule has 0 unspecified atom stereocenters. The molecule has 2 heteroatoms. The Hall–Kier alpha value is -5.54. The van der Waals surface area contributed by atoms with Gasteiger partial charge in [0.15, 0.2) is 0 Å². The molecular formula is C46H26S2. The Bertz CT molecular complexity index is 3060. The molecular weight excluding hydrogens is 617 g/mol. The van der Waals surface area contributed by atoms with Gasteiger partial charge in [0.2, 0.25) is 0 Å². The largest absolute Gasteiger partial charge is 0.135 e. The van der Waals surface area contributed by atoms with Gasteiger partial charge >= 0.3 is 0 Å². The summed E-state index contributed by atoms with van der Waals surface area (Å²) in [7, 11) is 0. The first-order chi connectivity index (χ1) is 23.8. The van der Waals surface area contributed by atoms with Crippen LogP contribution in [-0.2, 0) is 0 Å². The molecule has 0 N–H and O–H groups in total. The molecule has 0 spiro atoms. The van der Waals surface area contributed by atoms with E-state index in [2.05, 4.69) is 158 Å². The summed E-state index contributed by atoms with van der Waals surface area (Å²) in [5.41, 5.74) is 5.16. The number of thiophene rings is 2. The highest BCUT2D eigenvalue weighted by atomic mass is 32.1. The van der Waals surface area contributed by atoms with Crippen molar-refractivity contribution in [1.82, 2.24) is 0 Å². The standard InChI is InChI=1S/C46H26S2/c1-2-12-30-27(10-1)11-9-18-32(30)45-35-16-5-3-14-33(35)44(34-15-4-6-17-36(34)45)29-21-23-42-39(25-29)40-24-28-20-22-37-31-13-7-8-19-41(31)48-46(37)38(28)26-43(40)47-42/h1-26H. The van der Waals surface area contributed by atoms with E-state index in [1.165, 1.54) is 106 Å². The van der Waals surface area contributed by atoms with E-state index < -0.39 is 0 Å². The Kier molecular flexibility index (Phi) is 5.51. The minimum atomic E-state index is 1.26. The van der Waals surface area contributed by atoms with Crippen molar-refractivity contribution in [1.29, 1.82) is 0 Å². The molecule has 222 valence electrons. The molecule has 0 aliphatic heterocycles. The van der Waals surface area contributed by atoms with Crippen LogP contribution < -0.4 is 0 Å². The van der Waals surface area contributed by atoms with E-state index >= 15 is 0 Å². The van der Waals surface area contributed by atoms with Gasteiger partial charge in [0.1, 0.15) is 0 Å². The quantitative estimate of drug-likeness (QED) is 0.165. The molecule has 0 saturated carbocycles. The smallest absolute Gasteiger partial charge is 0.0434 e. The molecule has 2 aromatic heterocycles. The van der Waals surface area contributed by atoms with E-state index in [9.17, 15) is 0 Å². The predicted octanol–water partition coefficient (Wildman–Crippen LogP) is 14.4. The van der Waals surface area contributed by atoms with Crippen LogP contribution >= 0.6 is 22.7 Å². The third-order valence-corrected chi connectivity index (χ3v) is 12.6. The summed E-state index contributed by atoms with van der Waals surface area (Å²) in [6.45, 7) is 0. The van der Waals surface area contributed by atoms with Crippen molar-refractivity contribution in [2.45, 2.75) is 0 Å². The van der Waals surface area contributed by atoms with Gasteiger partial charge in [-0.3, -0.25) is 0 Å². The second-order valence-corrected chi connectivity index (χ2v) is 14.9.